The molecule has 0 aliphatic rings. The number of hydrogen-bond donors (Lipinski definition) is 1. The Labute approximate surface area is 114 Å². The molecule has 0 unspecified atom stereocenters. The first kappa shape index (κ1) is 16.7. The Bertz CT molecular complexity index is 475. The smallest absolute Gasteiger partial charge is 0.220 e. The quantitative estimate of drug-likeness (QED) is 0.552. The molecule has 0 aliphatic heterocycles. The van der Waals surface area contributed by atoms with E-state index in [1.165, 1.54) is 18.2 Å². The average Bonchev–Trinajstić information content (AvgIpc) is 2.39. The monoisotopic (exact) mass is 259 g/mol. The molecule has 0 fully saturated rings. The second-order valence-electron chi connectivity index (χ2n) is 3.60. The van der Waals surface area contributed by atoms with Crippen LogP contribution in [0.5, 0.6) is 0 Å². The number of hydrogen-bond acceptors (Lipinski definition) is 1. The van der Waals surface area contributed by atoms with Gasteiger partial charge in [-0.2, -0.15) is 0 Å². The predicted octanol–water partition coefficient (Wildman–Crippen LogP) is 3.22. The molecule has 0 spiro atoms. The molecule has 0 heterocycles. The van der Waals surface area contributed by atoms with Crippen LogP contribution in [0.4, 0.5) is 4.39 Å². The summed E-state index contributed by atoms with van der Waals surface area (Å²) in [6.07, 6.45) is 13.9. The van der Waals surface area contributed by atoms with Gasteiger partial charge in [-0.1, -0.05) is 43.4 Å². The third kappa shape index (κ3) is 6.85. The summed E-state index contributed by atoms with van der Waals surface area (Å²) in [4.78, 5) is 11.0. The minimum atomic E-state index is -0.586. The number of rotatable bonds is 7. The fraction of sp³-hybridized carbons (Fsp3) is 0.188. The first-order chi connectivity index (χ1) is 9.06. The summed E-state index contributed by atoms with van der Waals surface area (Å²) in [5, 5.41) is 2.52. The highest BCUT2D eigenvalue weighted by atomic mass is 19.1. The second kappa shape index (κ2) is 9.67. The van der Waals surface area contributed by atoms with Gasteiger partial charge in [0.15, 0.2) is 0 Å². The van der Waals surface area contributed by atoms with Gasteiger partial charge in [0.25, 0.3) is 0 Å². The van der Waals surface area contributed by atoms with Crippen molar-refractivity contribution >= 4 is 5.91 Å². The van der Waals surface area contributed by atoms with E-state index in [0.29, 0.717) is 18.4 Å². The summed E-state index contributed by atoms with van der Waals surface area (Å²) in [6.45, 7) is 6.77. The SMILES string of the molecule is C#C/C=C(\C=C/CCC(=O)NC)C(=C/C=C)/C(=C)F. The zero-order valence-electron chi connectivity index (χ0n) is 11.1. The summed E-state index contributed by atoms with van der Waals surface area (Å²) in [6, 6.07) is 0. The molecule has 0 radical (unpaired) electrons. The number of allylic oxidation sites excluding steroid dienone is 8. The molecule has 0 rings (SSSR count). The Kier molecular flexibility index (Phi) is 8.48. The minimum absolute atomic E-state index is 0.0520. The predicted molar refractivity (Wildman–Crippen MR) is 77.9 cm³/mol. The van der Waals surface area contributed by atoms with Crippen LogP contribution in [0.25, 0.3) is 0 Å². The van der Waals surface area contributed by atoms with Crippen LogP contribution < -0.4 is 5.32 Å². The zero-order chi connectivity index (χ0) is 14.7. The van der Waals surface area contributed by atoms with Crippen molar-refractivity contribution in [2.75, 3.05) is 7.05 Å². The molecule has 0 aromatic heterocycles. The first-order valence-corrected chi connectivity index (χ1v) is 5.78. The van der Waals surface area contributed by atoms with Crippen molar-refractivity contribution in [1.29, 1.82) is 0 Å². The van der Waals surface area contributed by atoms with Gasteiger partial charge in [-0.05, 0) is 18.1 Å². The maximum Gasteiger partial charge on any atom is 0.220 e. The molecule has 19 heavy (non-hydrogen) atoms. The normalized spacial score (nSPS) is 12.1. The first-order valence-electron chi connectivity index (χ1n) is 5.78. The minimum Gasteiger partial charge on any atom is -0.359 e. The second-order valence-corrected chi connectivity index (χ2v) is 3.60. The lowest BCUT2D eigenvalue weighted by Crippen LogP contribution is -2.16. The standard InChI is InChI=1S/C16H18FNO/c1-5-9-14(15(10-6-2)13(3)17)11-7-8-12-16(19)18-4/h1,6-7,9-11H,2-3,8,12H2,4H3,(H,18,19)/b11-7-,14-9+,15-10+. The molecule has 0 bridgehead atoms. The highest BCUT2D eigenvalue weighted by Gasteiger charge is 2.05. The van der Waals surface area contributed by atoms with Gasteiger partial charge in [-0.3, -0.25) is 4.79 Å². The van der Waals surface area contributed by atoms with Crippen molar-refractivity contribution in [2.45, 2.75) is 12.8 Å². The summed E-state index contributed by atoms with van der Waals surface area (Å²) in [5.41, 5.74) is 0.802. The lowest BCUT2D eigenvalue weighted by atomic mass is 10.0. The van der Waals surface area contributed by atoms with E-state index in [9.17, 15) is 9.18 Å². The van der Waals surface area contributed by atoms with Gasteiger partial charge < -0.3 is 5.32 Å². The molecule has 0 saturated carbocycles. The van der Waals surface area contributed by atoms with Crippen LogP contribution in [0.15, 0.2) is 60.5 Å². The molecule has 1 N–H and O–H groups in total. The Morgan fingerprint density at radius 1 is 1.53 bits per heavy atom. The zero-order valence-corrected chi connectivity index (χ0v) is 11.1. The van der Waals surface area contributed by atoms with Gasteiger partial charge in [0.1, 0.15) is 5.83 Å². The van der Waals surface area contributed by atoms with Crippen molar-refractivity contribution < 1.29 is 9.18 Å². The Balaban J connectivity index is 4.90. The lowest BCUT2D eigenvalue weighted by Gasteiger charge is -2.04. The summed E-state index contributed by atoms with van der Waals surface area (Å²) in [5.74, 6) is 1.71. The van der Waals surface area contributed by atoms with Gasteiger partial charge in [0, 0.05) is 19.0 Å². The van der Waals surface area contributed by atoms with E-state index in [1.807, 2.05) is 0 Å². The number of halogens is 1. The fourth-order valence-corrected chi connectivity index (χ4v) is 1.32. The number of terminal acetylenes is 1. The highest BCUT2D eigenvalue weighted by molar-refractivity contribution is 5.75. The number of carbonyl (C=O) groups excluding carboxylic acids is 1. The van der Waals surface area contributed by atoms with E-state index in [-0.39, 0.29) is 11.5 Å². The van der Waals surface area contributed by atoms with Gasteiger partial charge >= 0.3 is 0 Å². The summed E-state index contributed by atoms with van der Waals surface area (Å²) < 4.78 is 13.3. The van der Waals surface area contributed by atoms with Crippen molar-refractivity contribution in [2.24, 2.45) is 0 Å². The molecule has 3 heteroatoms. The van der Waals surface area contributed by atoms with E-state index in [4.69, 9.17) is 6.42 Å². The molecule has 100 valence electrons. The Hall–Kier alpha value is -2.34. The lowest BCUT2D eigenvalue weighted by molar-refractivity contribution is -0.120. The van der Waals surface area contributed by atoms with Crippen LogP contribution in [0.2, 0.25) is 0 Å². The highest BCUT2D eigenvalue weighted by Crippen LogP contribution is 2.20. The van der Waals surface area contributed by atoms with Crippen LogP contribution in [0.1, 0.15) is 12.8 Å². The largest absolute Gasteiger partial charge is 0.359 e. The number of carbonyl (C=O) groups is 1. The van der Waals surface area contributed by atoms with E-state index < -0.39 is 5.83 Å². The molecule has 0 saturated heterocycles. The van der Waals surface area contributed by atoms with Crippen LogP contribution in [0.3, 0.4) is 0 Å². The van der Waals surface area contributed by atoms with Gasteiger partial charge in [0.2, 0.25) is 5.91 Å². The van der Waals surface area contributed by atoms with Crippen LogP contribution in [0, 0.1) is 12.3 Å². The van der Waals surface area contributed by atoms with Gasteiger partial charge in [-0.25, -0.2) is 4.39 Å². The number of nitrogens with one attached hydrogen (secondary N) is 1. The Morgan fingerprint density at radius 2 is 2.21 bits per heavy atom. The van der Waals surface area contributed by atoms with E-state index in [1.54, 1.807) is 19.2 Å². The fourth-order valence-electron chi connectivity index (χ4n) is 1.32. The summed E-state index contributed by atoms with van der Waals surface area (Å²) >= 11 is 0. The van der Waals surface area contributed by atoms with Gasteiger partial charge in [-0.15, -0.1) is 6.42 Å². The molecule has 0 aromatic carbocycles. The van der Waals surface area contributed by atoms with E-state index in [2.05, 4.69) is 24.4 Å². The molecule has 1 amide bonds. The van der Waals surface area contributed by atoms with Gasteiger partial charge in [0.05, 0.1) is 0 Å². The van der Waals surface area contributed by atoms with Crippen LogP contribution >= 0.6 is 0 Å². The third-order valence-electron chi connectivity index (χ3n) is 2.24. The molecular formula is C16H18FNO. The van der Waals surface area contributed by atoms with Crippen molar-refractivity contribution in [3.8, 4) is 12.3 Å². The summed E-state index contributed by atoms with van der Waals surface area (Å²) in [7, 11) is 1.58. The molecule has 0 aliphatic carbocycles. The van der Waals surface area contributed by atoms with Crippen molar-refractivity contribution in [3.05, 3.63) is 60.5 Å². The van der Waals surface area contributed by atoms with Crippen molar-refractivity contribution in [1.82, 2.24) is 5.32 Å². The van der Waals surface area contributed by atoms with E-state index in [0.717, 1.165) is 0 Å². The molecular weight excluding hydrogens is 241 g/mol. The van der Waals surface area contributed by atoms with Crippen LogP contribution in [-0.4, -0.2) is 13.0 Å². The number of amides is 1. The maximum atomic E-state index is 13.3. The molecule has 0 atom stereocenters. The molecule has 2 nitrogen and oxygen atoms in total. The van der Waals surface area contributed by atoms with E-state index >= 15 is 0 Å². The Morgan fingerprint density at radius 3 is 2.68 bits per heavy atom. The topological polar surface area (TPSA) is 29.1 Å². The average molecular weight is 259 g/mol. The third-order valence-corrected chi connectivity index (χ3v) is 2.24. The van der Waals surface area contributed by atoms with Crippen molar-refractivity contribution in [3.63, 3.8) is 0 Å². The van der Waals surface area contributed by atoms with Crippen LogP contribution in [-0.2, 0) is 4.79 Å². The molecule has 0 aromatic rings. The maximum absolute atomic E-state index is 13.3.